The van der Waals surface area contributed by atoms with E-state index in [9.17, 15) is 14.7 Å². The van der Waals surface area contributed by atoms with Gasteiger partial charge >= 0.3 is 12.1 Å². The second-order valence-corrected chi connectivity index (χ2v) is 9.15. The molecule has 6 nitrogen and oxygen atoms in total. The van der Waals surface area contributed by atoms with Crippen LogP contribution in [-0.4, -0.2) is 53.3 Å². The van der Waals surface area contributed by atoms with Crippen LogP contribution in [0.15, 0.2) is 48.5 Å². The van der Waals surface area contributed by atoms with E-state index < -0.39 is 17.6 Å². The number of aliphatic carboxylic acids is 1. The molecule has 6 heteroatoms. The molecule has 2 N–H and O–H groups in total. The standard InChI is InChI=1S/C24H28N2O4/c1-23(2)14-24(12-21(27)28,15-26(23)3)25-22(29)30-13-20-18-10-6-4-8-16(18)17-9-5-7-11-19(17)20/h4-11,20H,12-15H2,1-3H3,(H,25,29)(H,27,28). The molecular formula is C24H28N2O4. The Kier molecular flexibility index (Phi) is 5.06. The third kappa shape index (κ3) is 3.67. The summed E-state index contributed by atoms with van der Waals surface area (Å²) in [5.74, 6) is -0.957. The number of carbonyl (C=O) groups excluding carboxylic acids is 1. The van der Waals surface area contributed by atoms with Gasteiger partial charge in [-0.2, -0.15) is 0 Å². The lowest BCUT2D eigenvalue weighted by atomic mass is 9.87. The second kappa shape index (κ2) is 7.43. The SMILES string of the molecule is CN1CC(CC(=O)O)(NC(=O)OCC2c3ccccc3-c3ccccc32)CC1(C)C. The van der Waals surface area contributed by atoms with Gasteiger partial charge in [-0.3, -0.25) is 9.69 Å². The first kappa shape index (κ1) is 20.4. The normalized spacial score (nSPS) is 22.4. The summed E-state index contributed by atoms with van der Waals surface area (Å²) in [6, 6.07) is 16.3. The van der Waals surface area contributed by atoms with E-state index in [1.54, 1.807) is 0 Å². The van der Waals surface area contributed by atoms with E-state index in [4.69, 9.17) is 4.74 Å². The zero-order valence-corrected chi connectivity index (χ0v) is 17.6. The molecule has 0 spiro atoms. The minimum absolute atomic E-state index is 0.0266. The van der Waals surface area contributed by atoms with Gasteiger partial charge in [-0.15, -0.1) is 0 Å². The summed E-state index contributed by atoms with van der Waals surface area (Å²) in [5, 5.41) is 12.3. The number of carbonyl (C=O) groups is 2. The van der Waals surface area contributed by atoms with Crippen LogP contribution < -0.4 is 5.32 Å². The van der Waals surface area contributed by atoms with Crippen molar-refractivity contribution in [2.24, 2.45) is 0 Å². The number of carboxylic acids is 1. The molecule has 1 aliphatic carbocycles. The summed E-state index contributed by atoms with van der Waals surface area (Å²) >= 11 is 0. The predicted octanol–water partition coefficient (Wildman–Crippen LogP) is 3.85. The lowest BCUT2D eigenvalue weighted by Crippen LogP contribution is -2.52. The number of fused-ring (bicyclic) bond motifs is 3. The largest absolute Gasteiger partial charge is 0.481 e. The number of nitrogens with one attached hydrogen (secondary N) is 1. The number of hydrogen-bond donors (Lipinski definition) is 2. The predicted molar refractivity (Wildman–Crippen MR) is 115 cm³/mol. The first-order chi connectivity index (χ1) is 14.2. The molecule has 1 saturated heterocycles. The minimum Gasteiger partial charge on any atom is -0.481 e. The Bertz CT molecular complexity index is 941. The molecule has 2 aliphatic rings. The molecule has 4 rings (SSSR count). The van der Waals surface area contributed by atoms with Crippen LogP contribution in [0, 0.1) is 0 Å². The molecule has 1 unspecified atom stereocenters. The lowest BCUT2D eigenvalue weighted by molar-refractivity contribution is -0.138. The molecule has 158 valence electrons. The Morgan fingerprint density at radius 3 is 2.17 bits per heavy atom. The molecule has 1 atom stereocenters. The first-order valence-corrected chi connectivity index (χ1v) is 10.3. The Morgan fingerprint density at radius 1 is 1.10 bits per heavy atom. The minimum atomic E-state index is -0.931. The number of nitrogens with zero attached hydrogens (tertiary/aromatic N) is 1. The van der Waals surface area contributed by atoms with Gasteiger partial charge in [0.05, 0.1) is 12.0 Å². The van der Waals surface area contributed by atoms with Crippen LogP contribution in [-0.2, 0) is 9.53 Å². The number of amides is 1. The topological polar surface area (TPSA) is 78.9 Å². The van der Waals surface area contributed by atoms with Crippen LogP contribution in [0.2, 0.25) is 0 Å². The highest BCUT2D eigenvalue weighted by atomic mass is 16.5. The van der Waals surface area contributed by atoms with Crippen LogP contribution in [0.5, 0.6) is 0 Å². The summed E-state index contributed by atoms with van der Waals surface area (Å²) < 4.78 is 5.65. The van der Waals surface area contributed by atoms with Crippen LogP contribution in [0.1, 0.15) is 43.7 Å². The molecular weight excluding hydrogens is 380 g/mol. The van der Waals surface area contributed by atoms with Crippen LogP contribution in [0.3, 0.4) is 0 Å². The number of hydrogen-bond acceptors (Lipinski definition) is 4. The summed E-state index contributed by atoms with van der Waals surface area (Å²) in [4.78, 5) is 26.3. The summed E-state index contributed by atoms with van der Waals surface area (Å²) in [7, 11) is 1.95. The Morgan fingerprint density at radius 2 is 1.67 bits per heavy atom. The number of alkyl carbamates (subject to hydrolysis) is 1. The van der Waals surface area contributed by atoms with Crippen molar-refractivity contribution in [3.8, 4) is 11.1 Å². The van der Waals surface area contributed by atoms with E-state index in [1.807, 2.05) is 31.3 Å². The van der Waals surface area contributed by atoms with E-state index in [2.05, 4.69) is 48.3 Å². The number of ether oxygens (including phenoxy) is 1. The van der Waals surface area contributed by atoms with Gasteiger partial charge in [0.2, 0.25) is 0 Å². The van der Waals surface area contributed by atoms with Crippen LogP contribution in [0.25, 0.3) is 11.1 Å². The zero-order valence-electron chi connectivity index (χ0n) is 17.6. The fourth-order valence-corrected chi connectivity index (χ4v) is 5.07. The molecule has 0 bridgehead atoms. The second-order valence-electron chi connectivity index (χ2n) is 9.15. The maximum Gasteiger partial charge on any atom is 0.407 e. The van der Waals surface area contributed by atoms with Gasteiger partial charge in [-0.1, -0.05) is 48.5 Å². The fourth-order valence-electron chi connectivity index (χ4n) is 5.07. The van der Waals surface area contributed by atoms with Gasteiger partial charge in [0.25, 0.3) is 0 Å². The number of likely N-dealkylation sites (N-methyl/N-ethyl adjacent to an activating group) is 1. The van der Waals surface area contributed by atoms with Gasteiger partial charge in [-0.05, 0) is 49.6 Å². The van der Waals surface area contributed by atoms with Crippen molar-refractivity contribution in [2.45, 2.75) is 43.7 Å². The molecule has 1 aliphatic heterocycles. The van der Waals surface area contributed by atoms with E-state index in [0.29, 0.717) is 13.0 Å². The number of benzene rings is 2. The molecule has 2 aromatic carbocycles. The third-order valence-corrected chi connectivity index (χ3v) is 6.54. The van der Waals surface area contributed by atoms with Gasteiger partial charge < -0.3 is 15.2 Å². The van der Waals surface area contributed by atoms with Gasteiger partial charge in [0.15, 0.2) is 0 Å². The Labute approximate surface area is 176 Å². The van der Waals surface area contributed by atoms with Gasteiger partial charge in [0, 0.05) is 18.0 Å². The molecule has 0 radical (unpaired) electrons. The Hall–Kier alpha value is -2.86. The van der Waals surface area contributed by atoms with Crippen LogP contribution >= 0.6 is 0 Å². The quantitative estimate of drug-likeness (QED) is 0.786. The maximum atomic E-state index is 12.7. The van der Waals surface area contributed by atoms with Crippen molar-refractivity contribution in [1.29, 1.82) is 0 Å². The molecule has 1 amide bonds. The monoisotopic (exact) mass is 408 g/mol. The zero-order chi connectivity index (χ0) is 21.5. The fraction of sp³-hybridized carbons (Fsp3) is 0.417. The molecule has 30 heavy (non-hydrogen) atoms. The maximum absolute atomic E-state index is 12.7. The first-order valence-electron chi connectivity index (χ1n) is 10.3. The van der Waals surface area contributed by atoms with Crippen molar-refractivity contribution >= 4 is 12.1 Å². The van der Waals surface area contributed by atoms with Crippen molar-refractivity contribution in [2.75, 3.05) is 20.2 Å². The van der Waals surface area contributed by atoms with E-state index in [1.165, 1.54) is 11.1 Å². The lowest BCUT2D eigenvalue weighted by Gasteiger charge is -2.29. The van der Waals surface area contributed by atoms with Crippen molar-refractivity contribution in [3.63, 3.8) is 0 Å². The van der Waals surface area contributed by atoms with Gasteiger partial charge in [0.1, 0.15) is 6.61 Å². The highest BCUT2D eigenvalue weighted by Crippen LogP contribution is 2.44. The summed E-state index contributed by atoms with van der Waals surface area (Å²) in [6.07, 6.45) is -0.151. The van der Waals surface area contributed by atoms with Crippen molar-refractivity contribution < 1.29 is 19.4 Å². The average molecular weight is 408 g/mol. The van der Waals surface area contributed by atoms with Crippen molar-refractivity contribution in [1.82, 2.24) is 10.2 Å². The summed E-state index contributed by atoms with van der Waals surface area (Å²) in [5.41, 5.74) is 3.59. The van der Waals surface area contributed by atoms with E-state index in [0.717, 1.165) is 11.1 Å². The smallest absolute Gasteiger partial charge is 0.407 e. The van der Waals surface area contributed by atoms with Crippen LogP contribution in [0.4, 0.5) is 4.79 Å². The van der Waals surface area contributed by atoms with Crippen molar-refractivity contribution in [3.05, 3.63) is 59.7 Å². The number of carboxylic acid groups (broad SMARTS) is 1. The number of likely N-dealkylation sites (tertiary alicyclic amines) is 1. The number of rotatable bonds is 5. The molecule has 0 saturated carbocycles. The van der Waals surface area contributed by atoms with E-state index >= 15 is 0 Å². The molecule has 1 heterocycles. The van der Waals surface area contributed by atoms with Gasteiger partial charge in [-0.25, -0.2) is 4.79 Å². The Balaban J connectivity index is 1.49. The third-order valence-electron chi connectivity index (χ3n) is 6.54. The highest BCUT2D eigenvalue weighted by molar-refractivity contribution is 5.79. The average Bonchev–Trinajstić information content (AvgIpc) is 3.10. The molecule has 0 aromatic heterocycles. The summed E-state index contributed by atoms with van der Waals surface area (Å²) in [6.45, 7) is 4.78. The highest BCUT2D eigenvalue weighted by Gasteiger charge is 2.49. The molecule has 1 fully saturated rings. The van der Waals surface area contributed by atoms with E-state index in [-0.39, 0.29) is 24.5 Å². The molecule has 2 aromatic rings.